The molecule has 0 N–H and O–H groups in total. The van der Waals surface area contributed by atoms with E-state index in [9.17, 15) is 0 Å². The third-order valence-corrected chi connectivity index (χ3v) is 11.9. The average Bonchev–Trinajstić information content (AvgIpc) is 3.73. The Morgan fingerprint density at radius 1 is 0.286 bits per heavy atom. The second-order valence-electron chi connectivity index (χ2n) is 12.6. The van der Waals surface area contributed by atoms with Crippen LogP contribution in [0.3, 0.4) is 0 Å². The summed E-state index contributed by atoms with van der Waals surface area (Å²) < 4.78 is 5.28. The summed E-state index contributed by atoms with van der Waals surface area (Å²) >= 11 is 3.72. The summed E-state index contributed by atoms with van der Waals surface area (Å²) in [5, 5.41) is 7.79. The first kappa shape index (κ1) is 28.3. The van der Waals surface area contributed by atoms with Gasteiger partial charge in [-0.25, -0.2) is 0 Å². The van der Waals surface area contributed by atoms with E-state index in [4.69, 9.17) is 0 Å². The summed E-state index contributed by atoms with van der Waals surface area (Å²) in [5.41, 5.74) is 8.27. The summed E-state index contributed by atoms with van der Waals surface area (Å²) in [6.45, 7) is 0. The molecule has 0 unspecified atom stereocenters. The molecule has 0 bridgehead atoms. The van der Waals surface area contributed by atoms with Crippen molar-refractivity contribution in [1.82, 2.24) is 0 Å². The summed E-state index contributed by atoms with van der Waals surface area (Å²) in [4.78, 5) is 2.40. The number of benzene rings is 8. The fraction of sp³-hybridized carbons (Fsp3) is 0. The zero-order valence-corrected chi connectivity index (χ0v) is 28.1. The fourth-order valence-electron chi connectivity index (χ4n) is 7.20. The van der Waals surface area contributed by atoms with Gasteiger partial charge in [-0.3, -0.25) is 0 Å². The van der Waals surface area contributed by atoms with Crippen molar-refractivity contribution >= 4 is 90.9 Å². The summed E-state index contributed by atoms with van der Waals surface area (Å²) in [7, 11) is 0. The molecule has 1 nitrogen and oxygen atoms in total. The monoisotopic (exact) mass is 659 g/mol. The number of hydrogen-bond acceptors (Lipinski definition) is 3. The van der Waals surface area contributed by atoms with E-state index < -0.39 is 0 Å². The zero-order valence-electron chi connectivity index (χ0n) is 26.5. The van der Waals surface area contributed by atoms with Crippen LogP contribution in [0.2, 0.25) is 0 Å². The van der Waals surface area contributed by atoms with E-state index in [1.807, 2.05) is 22.7 Å². The minimum atomic E-state index is 1.13. The molecule has 0 aliphatic carbocycles. The van der Waals surface area contributed by atoms with Crippen molar-refractivity contribution in [1.29, 1.82) is 0 Å². The molecule has 0 atom stereocenters. The SMILES string of the molecule is c1cc(-c2ccc3ccccc3c2)cc(N(c2ccc(-c3ccc4sc5ccccc5c4c3)cc2)c2ccc3c(c2)sc2ccccc23)c1. The second kappa shape index (κ2) is 11.5. The zero-order chi connectivity index (χ0) is 32.3. The highest BCUT2D eigenvalue weighted by Gasteiger charge is 2.16. The molecule has 2 heterocycles. The van der Waals surface area contributed by atoms with Gasteiger partial charge in [-0.15, -0.1) is 22.7 Å². The number of thiophene rings is 2. The van der Waals surface area contributed by atoms with Crippen LogP contribution in [0.1, 0.15) is 0 Å². The predicted octanol–water partition coefficient (Wildman–Crippen LogP) is 14.4. The predicted molar refractivity (Wildman–Crippen MR) is 215 cm³/mol. The summed E-state index contributed by atoms with van der Waals surface area (Å²) in [6.07, 6.45) is 0. The van der Waals surface area contributed by atoms with E-state index in [0.29, 0.717) is 0 Å². The van der Waals surface area contributed by atoms with Crippen LogP contribution in [0.15, 0.2) is 176 Å². The number of hydrogen-bond donors (Lipinski definition) is 0. The van der Waals surface area contributed by atoms with E-state index >= 15 is 0 Å². The van der Waals surface area contributed by atoms with Crippen molar-refractivity contribution in [2.75, 3.05) is 4.90 Å². The highest BCUT2D eigenvalue weighted by molar-refractivity contribution is 7.26. The summed E-state index contributed by atoms with van der Waals surface area (Å²) in [5.74, 6) is 0. The smallest absolute Gasteiger partial charge is 0.0476 e. The lowest BCUT2D eigenvalue weighted by Gasteiger charge is -2.26. The molecule has 0 fully saturated rings. The Morgan fingerprint density at radius 2 is 0.857 bits per heavy atom. The standard InChI is InChI=1S/C46H29NS2/c1-2-9-32-26-34(17-16-30(32)8-1)33-10-7-11-37(27-33)47(38-23-24-41-39-12-3-5-14-43(39)49-46(41)29-38)36-21-18-31(19-22-36)35-20-25-45-42(28-35)40-13-4-6-15-44(40)48-45/h1-29H. The van der Waals surface area contributed by atoms with Crippen LogP contribution in [0, 0.1) is 0 Å². The van der Waals surface area contributed by atoms with Gasteiger partial charge in [-0.1, -0.05) is 109 Å². The molecule has 10 aromatic rings. The van der Waals surface area contributed by atoms with Crippen LogP contribution in [0.25, 0.3) is 73.4 Å². The van der Waals surface area contributed by atoms with Crippen LogP contribution in [0.5, 0.6) is 0 Å². The van der Waals surface area contributed by atoms with Gasteiger partial charge < -0.3 is 4.90 Å². The minimum absolute atomic E-state index is 1.13. The highest BCUT2D eigenvalue weighted by Crippen LogP contribution is 2.42. The Bertz CT molecular complexity index is 2840. The lowest BCUT2D eigenvalue weighted by molar-refractivity contribution is 1.29. The van der Waals surface area contributed by atoms with Crippen molar-refractivity contribution in [2.24, 2.45) is 0 Å². The van der Waals surface area contributed by atoms with E-state index in [1.165, 1.54) is 73.4 Å². The lowest BCUT2D eigenvalue weighted by Crippen LogP contribution is -2.09. The van der Waals surface area contributed by atoms with Crippen molar-refractivity contribution < 1.29 is 0 Å². The molecule has 10 rings (SSSR count). The molecule has 0 radical (unpaired) electrons. The molecule has 8 aromatic carbocycles. The summed E-state index contributed by atoms with van der Waals surface area (Å²) in [6, 6.07) is 64.6. The van der Waals surface area contributed by atoms with Crippen molar-refractivity contribution in [2.45, 2.75) is 0 Å². The van der Waals surface area contributed by atoms with Gasteiger partial charge >= 0.3 is 0 Å². The Kier molecular flexibility index (Phi) is 6.61. The van der Waals surface area contributed by atoms with Gasteiger partial charge in [-0.05, 0) is 99.8 Å². The van der Waals surface area contributed by atoms with Crippen LogP contribution in [0.4, 0.5) is 17.1 Å². The number of fused-ring (bicyclic) bond motifs is 7. The maximum absolute atomic E-state index is 2.40. The third kappa shape index (κ3) is 4.90. The van der Waals surface area contributed by atoms with E-state index in [2.05, 4.69) is 181 Å². The maximum atomic E-state index is 2.40. The second-order valence-corrected chi connectivity index (χ2v) is 14.7. The van der Waals surface area contributed by atoms with Gasteiger partial charge in [0.15, 0.2) is 0 Å². The van der Waals surface area contributed by atoms with Crippen LogP contribution >= 0.6 is 22.7 Å². The molecule has 0 saturated carbocycles. The van der Waals surface area contributed by atoms with E-state index in [0.717, 1.165) is 17.1 Å². The number of rotatable bonds is 5. The first-order valence-electron chi connectivity index (χ1n) is 16.6. The molecule has 2 aromatic heterocycles. The lowest BCUT2D eigenvalue weighted by atomic mass is 10.00. The molecular formula is C46H29NS2. The van der Waals surface area contributed by atoms with Crippen LogP contribution < -0.4 is 4.90 Å². The Balaban J connectivity index is 1.09. The maximum Gasteiger partial charge on any atom is 0.0476 e. The normalized spacial score (nSPS) is 11.7. The largest absolute Gasteiger partial charge is 0.310 e. The molecular weight excluding hydrogens is 631 g/mol. The number of nitrogens with zero attached hydrogens (tertiary/aromatic N) is 1. The molecule has 0 aliphatic rings. The van der Waals surface area contributed by atoms with Crippen molar-refractivity contribution in [3.63, 3.8) is 0 Å². The van der Waals surface area contributed by atoms with Gasteiger partial charge in [0, 0.05) is 57.4 Å². The van der Waals surface area contributed by atoms with E-state index in [1.54, 1.807) is 0 Å². The molecule has 230 valence electrons. The Labute approximate surface area is 292 Å². The third-order valence-electron chi connectivity index (χ3n) is 9.64. The highest BCUT2D eigenvalue weighted by atomic mass is 32.1. The van der Waals surface area contributed by atoms with E-state index in [-0.39, 0.29) is 0 Å². The minimum Gasteiger partial charge on any atom is -0.310 e. The Hall–Kier alpha value is -5.74. The van der Waals surface area contributed by atoms with Crippen molar-refractivity contribution in [3.05, 3.63) is 176 Å². The molecule has 0 amide bonds. The van der Waals surface area contributed by atoms with Gasteiger partial charge in [0.05, 0.1) is 0 Å². The number of anilines is 3. The first-order valence-corrected chi connectivity index (χ1v) is 18.2. The topological polar surface area (TPSA) is 3.24 Å². The molecule has 0 saturated heterocycles. The first-order chi connectivity index (χ1) is 24.2. The Morgan fingerprint density at radius 3 is 1.69 bits per heavy atom. The average molecular weight is 660 g/mol. The molecule has 0 spiro atoms. The molecule has 3 heteroatoms. The quantitative estimate of drug-likeness (QED) is 0.178. The molecule has 0 aliphatic heterocycles. The molecule has 49 heavy (non-hydrogen) atoms. The van der Waals surface area contributed by atoms with Gasteiger partial charge in [0.25, 0.3) is 0 Å². The van der Waals surface area contributed by atoms with Gasteiger partial charge in [0.2, 0.25) is 0 Å². The van der Waals surface area contributed by atoms with Gasteiger partial charge in [-0.2, -0.15) is 0 Å². The van der Waals surface area contributed by atoms with Crippen LogP contribution in [-0.4, -0.2) is 0 Å². The van der Waals surface area contributed by atoms with Gasteiger partial charge in [0.1, 0.15) is 0 Å². The van der Waals surface area contributed by atoms with Crippen LogP contribution in [-0.2, 0) is 0 Å². The van der Waals surface area contributed by atoms with Crippen molar-refractivity contribution in [3.8, 4) is 22.3 Å². The fourth-order valence-corrected chi connectivity index (χ4v) is 9.43.